The molecule has 1 atom stereocenters. The molecule has 218 valence electrons. The number of fused-ring (bicyclic) bond motifs is 1. The van der Waals surface area contributed by atoms with Crippen LogP contribution in [0.5, 0.6) is 0 Å². The largest absolute Gasteiger partial charge is 0.490 e. The topological polar surface area (TPSA) is 122 Å². The molecule has 1 unspecified atom stereocenters. The predicted octanol–water partition coefficient (Wildman–Crippen LogP) is 4.48. The number of carbonyl (C=O) groups excluding carboxylic acids is 3. The van der Waals surface area contributed by atoms with Gasteiger partial charge in [-0.3, -0.25) is 19.5 Å². The van der Waals surface area contributed by atoms with Gasteiger partial charge < -0.3 is 20.1 Å². The number of halogens is 4. The number of hydrogen-bond donors (Lipinski definition) is 2. The molecule has 0 radical (unpaired) electrons. The highest BCUT2D eigenvalue weighted by Gasteiger charge is 2.45. The molecule has 2 aliphatic heterocycles. The predicted molar refractivity (Wildman–Crippen MR) is 151 cm³/mol. The Balaban J connectivity index is 1.33. The van der Waals surface area contributed by atoms with Crippen LogP contribution >= 0.6 is 23.4 Å². The maximum absolute atomic E-state index is 13.0. The molecule has 3 heterocycles. The van der Waals surface area contributed by atoms with Gasteiger partial charge in [-0.1, -0.05) is 23.7 Å². The second kappa shape index (κ2) is 12.5. The first kappa shape index (κ1) is 29.5. The van der Waals surface area contributed by atoms with E-state index in [4.69, 9.17) is 16.3 Å². The highest BCUT2D eigenvalue weighted by atomic mass is 35.5. The Morgan fingerprint density at radius 3 is 2.74 bits per heavy atom. The number of thioether (sulfide) groups is 1. The molecule has 0 bridgehead atoms. The average Bonchev–Trinajstić information content (AvgIpc) is 3.31. The molecule has 15 heteroatoms. The first-order valence-electron chi connectivity index (χ1n) is 12.4. The van der Waals surface area contributed by atoms with Crippen LogP contribution in [-0.4, -0.2) is 71.5 Å². The summed E-state index contributed by atoms with van der Waals surface area (Å²) in [6.45, 7) is 0.443. The maximum atomic E-state index is 13.0. The van der Waals surface area contributed by atoms with Crippen molar-refractivity contribution in [3.63, 3.8) is 0 Å². The molecule has 2 amide bonds. The Labute approximate surface area is 245 Å². The normalized spacial score (nSPS) is 18.7. The highest BCUT2D eigenvalue weighted by Crippen LogP contribution is 2.33. The zero-order valence-electron chi connectivity index (χ0n) is 21.5. The molecule has 2 N–H and O–H groups in total. The molecule has 2 aliphatic rings. The van der Waals surface area contributed by atoms with Gasteiger partial charge in [-0.2, -0.15) is 13.2 Å². The first-order chi connectivity index (χ1) is 20.1. The Hall–Kier alpha value is -3.98. The van der Waals surface area contributed by atoms with Gasteiger partial charge in [0.15, 0.2) is 5.17 Å². The van der Waals surface area contributed by atoms with Crippen molar-refractivity contribution in [2.24, 2.45) is 4.99 Å². The lowest BCUT2D eigenvalue weighted by molar-refractivity contribution is -0.214. The second-order valence-electron chi connectivity index (χ2n) is 9.00. The van der Waals surface area contributed by atoms with E-state index in [1.165, 1.54) is 23.1 Å². The third kappa shape index (κ3) is 7.07. The zero-order valence-corrected chi connectivity index (χ0v) is 23.1. The number of nitrogens with one attached hydrogen (secondary N) is 2. The summed E-state index contributed by atoms with van der Waals surface area (Å²) in [6.07, 6.45) is -3.73. The van der Waals surface area contributed by atoms with Crippen molar-refractivity contribution in [1.29, 1.82) is 0 Å². The number of ether oxygens (including phenoxy) is 2. The quantitative estimate of drug-likeness (QED) is 0.306. The number of aromatic nitrogens is 1. The first-order valence-corrected chi connectivity index (χ1v) is 13.6. The number of alkyl halides is 3. The van der Waals surface area contributed by atoms with E-state index in [1.807, 2.05) is 30.3 Å². The van der Waals surface area contributed by atoms with Gasteiger partial charge in [0, 0.05) is 30.4 Å². The number of benzene rings is 2. The fraction of sp³-hybridized carbons (Fsp3) is 0.222. The van der Waals surface area contributed by atoms with Crippen LogP contribution in [0.1, 0.15) is 5.56 Å². The van der Waals surface area contributed by atoms with E-state index in [-0.39, 0.29) is 53.8 Å². The Kier molecular flexibility index (Phi) is 8.77. The van der Waals surface area contributed by atoms with Gasteiger partial charge in [0.2, 0.25) is 6.23 Å². The van der Waals surface area contributed by atoms with Crippen molar-refractivity contribution in [3.05, 3.63) is 70.2 Å². The van der Waals surface area contributed by atoms with Crippen LogP contribution in [0.15, 0.2) is 64.6 Å². The van der Waals surface area contributed by atoms with Gasteiger partial charge in [0.25, 0.3) is 11.8 Å². The van der Waals surface area contributed by atoms with Crippen LogP contribution in [0.2, 0.25) is 5.02 Å². The molecule has 3 aromatic rings. The van der Waals surface area contributed by atoms with E-state index >= 15 is 0 Å². The highest BCUT2D eigenvalue weighted by molar-refractivity contribution is 8.18. The number of anilines is 1. The lowest BCUT2D eigenvalue weighted by atomic mass is 10.1. The number of rotatable bonds is 6. The third-order valence-corrected chi connectivity index (χ3v) is 7.29. The fourth-order valence-electron chi connectivity index (χ4n) is 4.08. The molecule has 2 fully saturated rings. The van der Waals surface area contributed by atoms with Gasteiger partial charge >= 0.3 is 12.1 Å². The number of pyridine rings is 1. The molecule has 42 heavy (non-hydrogen) atoms. The maximum Gasteiger partial charge on any atom is 0.490 e. The van der Waals surface area contributed by atoms with Gasteiger partial charge in [-0.15, -0.1) is 0 Å². The van der Waals surface area contributed by atoms with Crippen LogP contribution in [0.25, 0.3) is 17.0 Å². The van der Waals surface area contributed by atoms with E-state index in [0.717, 1.165) is 28.2 Å². The summed E-state index contributed by atoms with van der Waals surface area (Å²) in [5, 5.41) is 6.43. The summed E-state index contributed by atoms with van der Waals surface area (Å²) < 4.78 is 48.3. The lowest BCUT2D eigenvalue weighted by Crippen LogP contribution is -2.52. The minimum absolute atomic E-state index is 0.0750. The molecule has 2 aromatic carbocycles. The Morgan fingerprint density at radius 1 is 1.19 bits per heavy atom. The Bertz CT molecular complexity index is 1610. The van der Waals surface area contributed by atoms with Gasteiger partial charge in [-0.25, -0.2) is 9.79 Å². The summed E-state index contributed by atoms with van der Waals surface area (Å²) in [7, 11) is 0. The average molecular weight is 620 g/mol. The minimum Gasteiger partial charge on any atom is -0.430 e. The minimum atomic E-state index is -5.28. The monoisotopic (exact) mass is 619 g/mol. The van der Waals surface area contributed by atoms with Crippen molar-refractivity contribution in [2.75, 3.05) is 31.6 Å². The van der Waals surface area contributed by atoms with Crippen LogP contribution in [0.4, 0.5) is 24.5 Å². The number of hydrogen-bond acceptors (Lipinski definition) is 9. The summed E-state index contributed by atoms with van der Waals surface area (Å²) in [5.74, 6) is -3.87. The summed E-state index contributed by atoms with van der Waals surface area (Å²) in [6, 6.07) is 13.5. The number of esters is 1. The van der Waals surface area contributed by atoms with Crippen LogP contribution in [-0.2, 0) is 23.9 Å². The molecule has 5 rings (SSSR count). The third-order valence-electron chi connectivity index (χ3n) is 6.06. The van der Waals surface area contributed by atoms with Crippen LogP contribution in [0.3, 0.4) is 0 Å². The molecule has 0 aliphatic carbocycles. The number of amidine groups is 1. The number of amides is 2. The van der Waals surface area contributed by atoms with E-state index < -0.39 is 24.3 Å². The summed E-state index contributed by atoms with van der Waals surface area (Å²) >= 11 is 7.38. The van der Waals surface area contributed by atoms with Crippen molar-refractivity contribution in [1.82, 2.24) is 15.2 Å². The number of nitrogens with zero attached hydrogens (tertiary/aromatic N) is 3. The number of carbonyl (C=O) groups is 3. The standard InChI is InChI=1S/C27H21ClF3N5O5S/c28-18-5-4-17(33-23(38)24(36-8-10-40-11-9-36)41-25(39)27(29,30)31)14-20(18)34-26-35-22(37)21(42-26)13-15-3-6-19-16(12-15)2-1-7-32-19/h1-7,12-14,24H,8-11H2,(H,33,38)(H,34,35,37). The number of aliphatic imine (C=N–C) groups is 1. The van der Waals surface area contributed by atoms with E-state index in [0.29, 0.717) is 4.91 Å². The molecular formula is C27H21ClF3N5O5S. The van der Waals surface area contributed by atoms with Crippen molar-refractivity contribution in [3.8, 4) is 0 Å². The summed E-state index contributed by atoms with van der Waals surface area (Å²) in [5.41, 5.74) is 1.91. The Morgan fingerprint density at radius 2 is 1.98 bits per heavy atom. The van der Waals surface area contributed by atoms with E-state index in [2.05, 4.69) is 25.3 Å². The second-order valence-corrected chi connectivity index (χ2v) is 10.4. The zero-order chi connectivity index (χ0) is 29.9. The molecule has 1 aromatic heterocycles. The lowest BCUT2D eigenvalue weighted by Gasteiger charge is -2.32. The van der Waals surface area contributed by atoms with Crippen LogP contribution in [0, 0.1) is 0 Å². The molecule has 2 saturated heterocycles. The summed E-state index contributed by atoms with van der Waals surface area (Å²) in [4.78, 5) is 47.4. The number of morpholine rings is 1. The molecule has 0 spiro atoms. The smallest absolute Gasteiger partial charge is 0.430 e. The fourth-order valence-corrected chi connectivity index (χ4v) is 5.07. The van der Waals surface area contributed by atoms with Gasteiger partial charge in [0.05, 0.1) is 34.3 Å². The van der Waals surface area contributed by atoms with Crippen LogP contribution < -0.4 is 10.6 Å². The SMILES string of the molecule is O=C1NC(=Nc2cc(NC(=O)C(OC(=O)C(F)(F)F)N3CCOCC3)ccc2Cl)SC1=Cc1ccc2ncccc2c1. The van der Waals surface area contributed by atoms with Gasteiger partial charge in [0.1, 0.15) is 0 Å². The van der Waals surface area contributed by atoms with Crippen molar-refractivity contribution < 1.29 is 37.0 Å². The van der Waals surface area contributed by atoms with Gasteiger partial charge in [-0.05, 0) is 59.8 Å². The van der Waals surface area contributed by atoms with Crippen molar-refractivity contribution in [2.45, 2.75) is 12.4 Å². The van der Waals surface area contributed by atoms with Crippen molar-refractivity contribution >= 4 is 74.7 Å². The molecular weight excluding hydrogens is 599 g/mol. The molecule has 0 saturated carbocycles. The molecule has 10 nitrogen and oxygen atoms in total. The van der Waals surface area contributed by atoms with E-state index in [1.54, 1.807) is 12.3 Å². The van der Waals surface area contributed by atoms with E-state index in [9.17, 15) is 27.6 Å².